The Morgan fingerprint density at radius 1 is 1.15 bits per heavy atom. The molecule has 0 spiro atoms. The number of anilines is 1. The van der Waals surface area contributed by atoms with Gasteiger partial charge in [-0.3, -0.25) is 4.98 Å². The van der Waals surface area contributed by atoms with Crippen molar-refractivity contribution in [1.82, 2.24) is 19.9 Å². The van der Waals surface area contributed by atoms with Crippen LogP contribution in [0.15, 0.2) is 53.7 Å². The Hall–Kier alpha value is -2.49. The van der Waals surface area contributed by atoms with Crippen molar-refractivity contribution in [3.05, 3.63) is 54.4 Å². The molecule has 26 heavy (non-hydrogen) atoms. The lowest BCUT2D eigenvalue weighted by Crippen LogP contribution is -2.46. The van der Waals surface area contributed by atoms with Crippen molar-refractivity contribution in [2.75, 3.05) is 31.5 Å². The third kappa shape index (κ3) is 4.57. The first-order chi connectivity index (χ1) is 12.6. The minimum absolute atomic E-state index is 0.223. The summed E-state index contributed by atoms with van der Waals surface area (Å²) < 4.78 is 26.6. The zero-order chi connectivity index (χ0) is 18.4. The number of piperazine rings is 1. The molecule has 8 nitrogen and oxygen atoms in total. The molecule has 3 N–H and O–H groups in total. The standard InChI is InChI=1S/C17H21N5O3S/c23-17(20-13-14-2-1-7-19-12-14)21-15-3-5-16(6-4-15)26(24,25)22-10-8-18-9-11-22/h1-7,12,18H,8-11,13H2,(H2,20,21,23). The van der Waals surface area contributed by atoms with Crippen molar-refractivity contribution in [2.45, 2.75) is 11.4 Å². The lowest BCUT2D eigenvalue weighted by atomic mass is 10.3. The maximum absolute atomic E-state index is 12.6. The van der Waals surface area contributed by atoms with Gasteiger partial charge in [-0.05, 0) is 35.9 Å². The number of nitrogens with zero attached hydrogens (tertiary/aromatic N) is 2. The second-order valence-electron chi connectivity index (χ2n) is 5.85. The summed E-state index contributed by atoms with van der Waals surface area (Å²) in [5.74, 6) is 0. The lowest BCUT2D eigenvalue weighted by Gasteiger charge is -2.26. The normalized spacial score (nSPS) is 15.4. The largest absolute Gasteiger partial charge is 0.334 e. The fourth-order valence-corrected chi connectivity index (χ4v) is 4.05. The fourth-order valence-electron chi connectivity index (χ4n) is 2.60. The molecule has 0 saturated carbocycles. The molecular weight excluding hydrogens is 354 g/mol. The summed E-state index contributed by atoms with van der Waals surface area (Å²) in [7, 11) is -3.50. The van der Waals surface area contributed by atoms with Crippen molar-refractivity contribution in [1.29, 1.82) is 0 Å². The van der Waals surface area contributed by atoms with Crippen LogP contribution in [-0.2, 0) is 16.6 Å². The molecule has 1 aliphatic rings. The summed E-state index contributed by atoms with van der Waals surface area (Å²) in [4.78, 5) is 16.1. The minimum atomic E-state index is -3.50. The number of aromatic nitrogens is 1. The molecule has 1 saturated heterocycles. The first-order valence-electron chi connectivity index (χ1n) is 8.30. The van der Waals surface area contributed by atoms with Crippen LogP contribution in [0.4, 0.5) is 10.5 Å². The number of carbonyl (C=O) groups excluding carboxylic acids is 1. The quantitative estimate of drug-likeness (QED) is 0.723. The smallest absolute Gasteiger partial charge is 0.319 e. The number of hydrogen-bond acceptors (Lipinski definition) is 5. The van der Waals surface area contributed by atoms with Gasteiger partial charge in [0.05, 0.1) is 4.90 Å². The van der Waals surface area contributed by atoms with Gasteiger partial charge < -0.3 is 16.0 Å². The van der Waals surface area contributed by atoms with Gasteiger partial charge in [0.25, 0.3) is 0 Å². The van der Waals surface area contributed by atoms with E-state index in [1.54, 1.807) is 30.6 Å². The number of hydrogen-bond donors (Lipinski definition) is 3. The van der Waals surface area contributed by atoms with E-state index in [1.165, 1.54) is 16.4 Å². The molecule has 0 radical (unpaired) electrons. The molecule has 0 bridgehead atoms. The van der Waals surface area contributed by atoms with E-state index in [9.17, 15) is 13.2 Å². The average molecular weight is 375 g/mol. The van der Waals surface area contributed by atoms with Gasteiger partial charge in [0.2, 0.25) is 10.0 Å². The molecule has 9 heteroatoms. The maximum atomic E-state index is 12.6. The zero-order valence-corrected chi connectivity index (χ0v) is 15.0. The molecule has 2 heterocycles. The zero-order valence-electron chi connectivity index (χ0n) is 14.2. The molecule has 3 rings (SSSR count). The Labute approximate surface area is 152 Å². The molecule has 0 unspecified atom stereocenters. The summed E-state index contributed by atoms with van der Waals surface area (Å²) in [5, 5.41) is 8.53. The number of pyridine rings is 1. The molecular formula is C17H21N5O3S. The van der Waals surface area contributed by atoms with Crippen LogP contribution >= 0.6 is 0 Å². The number of nitrogens with one attached hydrogen (secondary N) is 3. The maximum Gasteiger partial charge on any atom is 0.319 e. The highest BCUT2D eigenvalue weighted by Crippen LogP contribution is 2.18. The molecule has 1 aromatic heterocycles. The highest BCUT2D eigenvalue weighted by atomic mass is 32.2. The molecule has 138 valence electrons. The van der Waals surface area contributed by atoms with E-state index in [4.69, 9.17) is 0 Å². The van der Waals surface area contributed by atoms with Gasteiger partial charge in [-0.1, -0.05) is 6.07 Å². The first kappa shape index (κ1) is 18.3. The van der Waals surface area contributed by atoms with Gasteiger partial charge in [-0.2, -0.15) is 4.31 Å². The van der Waals surface area contributed by atoms with Gasteiger partial charge >= 0.3 is 6.03 Å². The number of amides is 2. The van der Waals surface area contributed by atoms with Crippen molar-refractivity contribution in [3.63, 3.8) is 0 Å². The number of sulfonamides is 1. The number of rotatable bonds is 5. The Kier molecular flexibility index (Phi) is 5.82. The Bertz CT molecular complexity index is 834. The fraction of sp³-hybridized carbons (Fsp3) is 0.294. The lowest BCUT2D eigenvalue weighted by molar-refractivity contribution is 0.251. The van der Waals surface area contributed by atoms with Crippen LogP contribution in [0, 0.1) is 0 Å². The summed E-state index contributed by atoms with van der Waals surface area (Å²) in [6.45, 7) is 2.57. The molecule has 1 aliphatic heterocycles. The third-order valence-corrected chi connectivity index (χ3v) is 5.91. The summed E-state index contributed by atoms with van der Waals surface area (Å²) in [6, 6.07) is 9.47. The van der Waals surface area contributed by atoms with E-state index in [0.29, 0.717) is 38.4 Å². The van der Waals surface area contributed by atoms with Gasteiger partial charge in [-0.15, -0.1) is 0 Å². The van der Waals surface area contributed by atoms with E-state index in [2.05, 4.69) is 20.9 Å². The van der Waals surface area contributed by atoms with E-state index in [-0.39, 0.29) is 10.9 Å². The van der Waals surface area contributed by atoms with Crippen LogP contribution in [0.1, 0.15) is 5.56 Å². The van der Waals surface area contributed by atoms with Crippen molar-refractivity contribution in [2.24, 2.45) is 0 Å². The number of carbonyl (C=O) groups is 1. The van der Waals surface area contributed by atoms with Crippen LogP contribution in [0.2, 0.25) is 0 Å². The Morgan fingerprint density at radius 2 is 1.88 bits per heavy atom. The summed E-state index contributed by atoms with van der Waals surface area (Å²) in [6.07, 6.45) is 3.34. The molecule has 1 fully saturated rings. The summed E-state index contributed by atoms with van der Waals surface area (Å²) >= 11 is 0. The van der Waals surface area contributed by atoms with Crippen molar-refractivity contribution < 1.29 is 13.2 Å². The number of urea groups is 1. The van der Waals surface area contributed by atoms with E-state index >= 15 is 0 Å². The van der Waals surface area contributed by atoms with Gasteiger partial charge in [0.1, 0.15) is 0 Å². The summed E-state index contributed by atoms with van der Waals surface area (Å²) in [5.41, 5.74) is 1.41. The molecule has 2 amide bonds. The molecule has 2 aromatic rings. The number of benzene rings is 1. The topological polar surface area (TPSA) is 103 Å². The van der Waals surface area contributed by atoms with Crippen LogP contribution in [0.5, 0.6) is 0 Å². The van der Waals surface area contributed by atoms with Gasteiger partial charge in [-0.25, -0.2) is 13.2 Å². The van der Waals surface area contributed by atoms with Gasteiger partial charge in [0.15, 0.2) is 0 Å². The predicted octanol–water partition coefficient (Wildman–Crippen LogP) is 0.997. The van der Waals surface area contributed by atoms with Crippen LogP contribution < -0.4 is 16.0 Å². The van der Waals surface area contributed by atoms with E-state index in [0.717, 1.165) is 5.56 Å². The van der Waals surface area contributed by atoms with Crippen molar-refractivity contribution in [3.8, 4) is 0 Å². The highest BCUT2D eigenvalue weighted by molar-refractivity contribution is 7.89. The predicted molar refractivity (Wildman–Crippen MR) is 98.2 cm³/mol. The Morgan fingerprint density at radius 3 is 2.54 bits per heavy atom. The second kappa shape index (κ2) is 8.26. The Balaban J connectivity index is 1.58. The first-order valence-corrected chi connectivity index (χ1v) is 9.74. The molecule has 0 aliphatic carbocycles. The van der Waals surface area contributed by atoms with E-state index < -0.39 is 10.0 Å². The highest BCUT2D eigenvalue weighted by Gasteiger charge is 2.25. The van der Waals surface area contributed by atoms with Crippen LogP contribution in [0.25, 0.3) is 0 Å². The van der Waals surface area contributed by atoms with Gasteiger partial charge in [0, 0.05) is 50.8 Å². The van der Waals surface area contributed by atoms with E-state index in [1.807, 2.05) is 6.07 Å². The second-order valence-corrected chi connectivity index (χ2v) is 7.79. The van der Waals surface area contributed by atoms with Crippen molar-refractivity contribution >= 4 is 21.7 Å². The monoisotopic (exact) mass is 375 g/mol. The molecule has 1 aromatic carbocycles. The molecule has 0 atom stereocenters. The van der Waals surface area contributed by atoms with Crippen LogP contribution in [-0.4, -0.2) is 49.9 Å². The third-order valence-electron chi connectivity index (χ3n) is 4.00. The minimum Gasteiger partial charge on any atom is -0.334 e. The SMILES string of the molecule is O=C(NCc1cccnc1)Nc1ccc(S(=O)(=O)N2CCNCC2)cc1. The van der Waals surface area contributed by atoms with Crippen LogP contribution in [0.3, 0.4) is 0 Å². The average Bonchev–Trinajstić information content (AvgIpc) is 2.68.